The van der Waals surface area contributed by atoms with Crippen LogP contribution in [0.5, 0.6) is 0 Å². The Hall–Kier alpha value is -3.36. The summed E-state index contributed by atoms with van der Waals surface area (Å²) in [4.78, 5) is 25.8. The lowest BCUT2D eigenvalue weighted by molar-refractivity contribution is -0.598. The molecule has 0 aromatic carbocycles. The van der Waals surface area contributed by atoms with Gasteiger partial charge in [0.25, 0.3) is 0 Å². The van der Waals surface area contributed by atoms with Crippen LogP contribution in [0.1, 0.15) is 12.6 Å². The maximum atomic E-state index is 12.8. The minimum absolute atomic E-state index is 0.0810. The first kappa shape index (κ1) is 22.8. The van der Waals surface area contributed by atoms with Crippen molar-refractivity contribution in [3.05, 3.63) is 30.9 Å². The number of alkyl halides is 3. The van der Waals surface area contributed by atoms with E-state index in [0.717, 1.165) is 5.69 Å². The average Bonchev–Trinajstić information content (AvgIpc) is 3.35. The number of hydrogen-bond acceptors (Lipinski definition) is 8. The predicted octanol–water partition coefficient (Wildman–Crippen LogP) is 0.310. The zero-order chi connectivity index (χ0) is 23.9. The van der Waals surface area contributed by atoms with Crippen LogP contribution < -0.4 is 14.8 Å². The minimum Gasteiger partial charge on any atom is -0.394 e. The molecule has 3 unspecified atom stereocenters. The summed E-state index contributed by atoms with van der Waals surface area (Å²) >= 11 is 0. The maximum absolute atomic E-state index is 12.8. The number of halogens is 3. The number of aliphatic hydroxyl groups excluding tert-OH is 2. The second-order valence-electron chi connectivity index (χ2n) is 7.62. The minimum atomic E-state index is -5.13. The average molecular weight is 468 g/mol. The molecule has 0 bridgehead atoms. The van der Waals surface area contributed by atoms with E-state index in [9.17, 15) is 28.2 Å². The van der Waals surface area contributed by atoms with Gasteiger partial charge in [-0.15, -0.1) is 0 Å². The molecule has 4 heterocycles. The Balaban J connectivity index is 1.82. The quantitative estimate of drug-likeness (QED) is 0.457. The molecule has 33 heavy (non-hydrogen) atoms. The first-order valence-electron chi connectivity index (χ1n) is 9.84. The summed E-state index contributed by atoms with van der Waals surface area (Å²) in [5.41, 5.74) is 1.18. The highest BCUT2D eigenvalue weighted by molar-refractivity contribution is 5.94. The lowest BCUT2D eigenvalue weighted by atomic mass is 10.2. The van der Waals surface area contributed by atoms with E-state index >= 15 is 0 Å². The van der Waals surface area contributed by atoms with Crippen LogP contribution in [0.2, 0.25) is 0 Å². The molecule has 3 aromatic heterocycles. The number of imidazole rings is 1. The summed E-state index contributed by atoms with van der Waals surface area (Å²) in [6, 6.07) is 3.53. The van der Waals surface area contributed by atoms with Gasteiger partial charge in [-0.3, -0.25) is 14.7 Å². The summed E-state index contributed by atoms with van der Waals surface area (Å²) in [6.07, 6.45) is -2.95. The number of rotatable bonds is 5. The van der Waals surface area contributed by atoms with E-state index in [1.165, 1.54) is 15.5 Å². The Morgan fingerprint density at radius 3 is 2.61 bits per heavy atom. The molecule has 0 spiro atoms. The lowest BCUT2D eigenvalue weighted by Gasteiger charge is -2.13. The highest BCUT2D eigenvalue weighted by Gasteiger charge is 2.41. The molecule has 0 aliphatic carbocycles. The zero-order valence-corrected chi connectivity index (χ0v) is 17.6. The van der Waals surface area contributed by atoms with Gasteiger partial charge in [0.1, 0.15) is 12.3 Å². The van der Waals surface area contributed by atoms with Crippen LogP contribution in [-0.2, 0) is 9.53 Å². The van der Waals surface area contributed by atoms with E-state index in [2.05, 4.69) is 15.0 Å². The smallest absolute Gasteiger partial charge is 0.394 e. The molecule has 3 N–H and O–H groups in total. The largest absolute Gasteiger partial charge is 0.471 e. The Morgan fingerprint density at radius 2 is 2.03 bits per heavy atom. The fraction of sp³-hybridized carbons (Fsp3) is 0.421. The van der Waals surface area contributed by atoms with E-state index < -0.39 is 43.1 Å². The topological polar surface area (TPSA) is 130 Å². The van der Waals surface area contributed by atoms with Crippen molar-refractivity contribution in [3.8, 4) is 5.82 Å². The first-order valence-corrected chi connectivity index (χ1v) is 9.84. The van der Waals surface area contributed by atoms with Crippen LogP contribution in [0.3, 0.4) is 0 Å². The fourth-order valence-corrected chi connectivity index (χ4v) is 3.43. The maximum Gasteiger partial charge on any atom is 0.471 e. The van der Waals surface area contributed by atoms with Crippen molar-refractivity contribution in [2.24, 2.45) is 0 Å². The van der Waals surface area contributed by atoms with Gasteiger partial charge in [0.05, 0.1) is 31.4 Å². The zero-order valence-electron chi connectivity index (χ0n) is 17.6. The van der Waals surface area contributed by atoms with Crippen molar-refractivity contribution >= 4 is 28.7 Å². The highest BCUT2D eigenvalue weighted by atomic mass is 19.4. The number of aliphatic hydroxyl groups is 2. The molecule has 3 atom stereocenters. The number of hydrogen-bond donors (Lipinski definition) is 3. The van der Waals surface area contributed by atoms with Crippen LogP contribution in [0.4, 0.5) is 24.8 Å². The van der Waals surface area contributed by atoms with Crippen molar-refractivity contribution in [3.63, 3.8) is 0 Å². The molecule has 14 heteroatoms. The summed E-state index contributed by atoms with van der Waals surface area (Å²) < 4.78 is 47.0. The van der Waals surface area contributed by atoms with Gasteiger partial charge in [-0.2, -0.15) is 18.2 Å². The standard InChI is InChI=1S/C19H20F3N7O4/c1-27(2)10-3-5-28(6-4-10)15-14-16(25-18(24-15)26-17(32)19(20,21)22)29(9-23-14)13-7-11(31)12(8-30)33-13/h3-6,9,11-13,30-31H,7-8H2,1-2H3/p+1. The second-order valence-corrected chi connectivity index (χ2v) is 7.62. The summed E-state index contributed by atoms with van der Waals surface area (Å²) in [5, 5.41) is 21.1. The molecule has 1 saturated heterocycles. The summed E-state index contributed by atoms with van der Waals surface area (Å²) in [7, 11) is 3.70. The van der Waals surface area contributed by atoms with Crippen molar-refractivity contribution in [2.75, 3.05) is 30.9 Å². The van der Waals surface area contributed by atoms with Gasteiger partial charge in [-0.1, -0.05) is 0 Å². The predicted molar refractivity (Wildman–Crippen MR) is 107 cm³/mol. The van der Waals surface area contributed by atoms with Crippen LogP contribution >= 0.6 is 0 Å². The molecule has 11 nitrogen and oxygen atoms in total. The third-order valence-corrected chi connectivity index (χ3v) is 5.15. The molecule has 1 aliphatic heterocycles. The van der Waals surface area contributed by atoms with Gasteiger partial charge in [-0.05, 0) is 0 Å². The summed E-state index contributed by atoms with van der Waals surface area (Å²) in [6.45, 7) is -0.411. The number of aromatic nitrogens is 5. The molecule has 1 amide bonds. The Labute approximate surface area is 185 Å². The van der Waals surface area contributed by atoms with Gasteiger partial charge in [-0.25, -0.2) is 9.55 Å². The highest BCUT2D eigenvalue weighted by Crippen LogP contribution is 2.31. The molecular formula is C19H21F3N7O4+. The van der Waals surface area contributed by atoms with Gasteiger partial charge in [0.15, 0.2) is 5.65 Å². The number of pyridine rings is 1. The number of amides is 1. The number of nitrogens with zero attached hydrogens (tertiary/aromatic N) is 6. The SMILES string of the molecule is CN(C)c1cc[n+](-c2nc(NC(=O)C(F)(F)F)nc3c2ncn3C2CC(O)C(CO)O2)cc1. The molecule has 4 rings (SSSR count). The van der Waals surface area contributed by atoms with Gasteiger partial charge >= 0.3 is 23.8 Å². The van der Waals surface area contributed by atoms with Crippen molar-refractivity contribution in [1.29, 1.82) is 0 Å². The lowest BCUT2D eigenvalue weighted by Crippen LogP contribution is -2.34. The molecule has 1 fully saturated rings. The van der Waals surface area contributed by atoms with E-state index in [1.54, 1.807) is 29.8 Å². The van der Waals surface area contributed by atoms with Crippen molar-refractivity contribution in [2.45, 2.75) is 31.0 Å². The number of ether oxygens (including phenoxy) is 1. The number of nitrogens with one attached hydrogen (secondary N) is 1. The van der Waals surface area contributed by atoms with Crippen LogP contribution in [0.15, 0.2) is 30.9 Å². The normalized spacial score (nSPS) is 20.9. The molecule has 1 aliphatic rings. The molecule has 176 valence electrons. The van der Waals surface area contributed by atoms with Crippen molar-refractivity contribution in [1.82, 2.24) is 19.5 Å². The number of carbonyl (C=O) groups is 1. The molecule has 0 radical (unpaired) electrons. The monoisotopic (exact) mass is 468 g/mol. The van der Waals surface area contributed by atoms with Gasteiger partial charge in [0, 0.05) is 43.3 Å². The van der Waals surface area contributed by atoms with Gasteiger partial charge < -0.3 is 19.8 Å². The molecular weight excluding hydrogens is 447 g/mol. The fourth-order valence-electron chi connectivity index (χ4n) is 3.43. The molecule has 3 aromatic rings. The van der Waals surface area contributed by atoms with E-state index in [0.29, 0.717) is 0 Å². The molecule has 0 saturated carbocycles. The van der Waals surface area contributed by atoms with Crippen LogP contribution in [0.25, 0.3) is 17.0 Å². The Bertz CT molecular complexity index is 1170. The van der Waals surface area contributed by atoms with E-state index in [-0.39, 0.29) is 23.4 Å². The van der Waals surface area contributed by atoms with Crippen molar-refractivity contribution < 1.29 is 37.5 Å². The summed E-state index contributed by atoms with van der Waals surface area (Å²) in [5.74, 6) is -2.68. The number of anilines is 2. The Kier molecular flexibility index (Phi) is 5.90. The number of fused-ring (bicyclic) bond motifs is 1. The van der Waals surface area contributed by atoms with Crippen LogP contribution in [-0.4, -0.2) is 74.7 Å². The van der Waals surface area contributed by atoms with Gasteiger partial charge in [0.2, 0.25) is 5.52 Å². The third kappa shape index (κ3) is 4.44. The van der Waals surface area contributed by atoms with Crippen LogP contribution in [0, 0.1) is 0 Å². The first-order chi connectivity index (χ1) is 15.6. The Morgan fingerprint density at radius 1 is 1.33 bits per heavy atom. The van der Waals surface area contributed by atoms with E-state index in [4.69, 9.17) is 4.74 Å². The number of carbonyl (C=O) groups excluding carboxylic acids is 1. The van der Waals surface area contributed by atoms with E-state index in [1.807, 2.05) is 19.0 Å². The second kappa shape index (κ2) is 8.53. The third-order valence-electron chi connectivity index (χ3n) is 5.15.